The fourth-order valence-electron chi connectivity index (χ4n) is 1.72. The Bertz CT molecular complexity index is 599. The van der Waals surface area contributed by atoms with Crippen molar-refractivity contribution < 1.29 is 14.3 Å². The van der Waals surface area contributed by atoms with Crippen LogP contribution in [0.2, 0.25) is 0 Å². The maximum atomic E-state index is 12.0. The summed E-state index contributed by atoms with van der Waals surface area (Å²) in [5.74, 6) is 0.962. The first-order valence-corrected chi connectivity index (χ1v) is 7.58. The Morgan fingerprint density at radius 3 is 2.90 bits per heavy atom. The highest BCUT2D eigenvalue weighted by Gasteiger charge is 2.18. The number of hydrogen-bond donors (Lipinski definition) is 1. The van der Waals surface area contributed by atoms with Crippen molar-refractivity contribution in [3.8, 4) is 11.5 Å². The lowest BCUT2D eigenvalue weighted by Gasteiger charge is -2.17. The highest BCUT2D eigenvalue weighted by Crippen LogP contribution is 2.29. The summed E-state index contributed by atoms with van der Waals surface area (Å²) in [6.07, 6.45) is 0.995. The highest BCUT2D eigenvalue weighted by molar-refractivity contribution is 7.13. The summed E-state index contributed by atoms with van der Waals surface area (Å²) in [6.45, 7) is 6.12. The molecule has 21 heavy (non-hydrogen) atoms. The molecule has 0 spiro atoms. The number of carbonyl (C=O) groups excluding carboxylic acids is 1. The van der Waals surface area contributed by atoms with Gasteiger partial charge < -0.3 is 9.47 Å². The van der Waals surface area contributed by atoms with Crippen LogP contribution in [0.25, 0.3) is 0 Å². The van der Waals surface area contributed by atoms with Crippen LogP contribution in [0, 0.1) is 6.92 Å². The van der Waals surface area contributed by atoms with Gasteiger partial charge in [0.2, 0.25) is 0 Å². The zero-order valence-corrected chi connectivity index (χ0v) is 13.1. The third-order valence-corrected chi connectivity index (χ3v) is 3.42. The molecule has 0 unspecified atom stereocenters. The Morgan fingerprint density at radius 2 is 2.24 bits per heavy atom. The number of amides is 1. The van der Waals surface area contributed by atoms with Crippen LogP contribution in [-0.2, 0) is 4.79 Å². The van der Waals surface area contributed by atoms with E-state index in [4.69, 9.17) is 9.47 Å². The van der Waals surface area contributed by atoms with E-state index >= 15 is 0 Å². The van der Waals surface area contributed by atoms with Gasteiger partial charge in [0.25, 0.3) is 5.91 Å². The van der Waals surface area contributed by atoms with Crippen LogP contribution in [-0.4, -0.2) is 23.6 Å². The molecular weight excluding hydrogens is 288 g/mol. The van der Waals surface area contributed by atoms with E-state index in [9.17, 15) is 4.79 Å². The van der Waals surface area contributed by atoms with E-state index in [-0.39, 0.29) is 5.91 Å². The first kappa shape index (κ1) is 15.3. The van der Waals surface area contributed by atoms with E-state index in [1.54, 1.807) is 18.5 Å². The van der Waals surface area contributed by atoms with Crippen LogP contribution in [0.4, 0.5) is 5.13 Å². The molecule has 0 saturated heterocycles. The largest absolute Gasteiger partial charge is 0.490 e. The van der Waals surface area contributed by atoms with E-state index in [0.29, 0.717) is 23.2 Å². The fourth-order valence-corrected chi connectivity index (χ4v) is 2.25. The predicted molar refractivity (Wildman–Crippen MR) is 83.2 cm³/mol. The molecule has 1 atom stereocenters. The number of nitrogens with zero attached hydrogens (tertiary/aromatic N) is 1. The predicted octanol–water partition coefficient (Wildman–Crippen LogP) is 3.26. The van der Waals surface area contributed by atoms with Crippen LogP contribution in [0.5, 0.6) is 11.5 Å². The second-order valence-electron chi connectivity index (χ2n) is 4.47. The normalized spacial score (nSPS) is 11.8. The number of benzene rings is 1. The van der Waals surface area contributed by atoms with Crippen LogP contribution in [0.3, 0.4) is 0 Å². The second-order valence-corrected chi connectivity index (χ2v) is 5.36. The molecule has 1 aromatic carbocycles. The van der Waals surface area contributed by atoms with Gasteiger partial charge in [-0.25, -0.2) is 4.98 Å². The molecule has 6 heteroatoms. The summed E-state index contributed by atoms with van der Waals surface area (Å²) < 4.78 is 11.2. The van der Waals surface area contributed by atoms with Crippen molar-refractivity contribution in [3.05, 3.63) is 35.3 Å². The molecule has 0 fully saturated rings. The van der Waals surface area contributed by atoms with Crippen LogP contribution in [0.1, 0.15) is 19.4 Å². The van der Waals surface area contributed by atoms with E-state index in [1.807, 2.05) is 32.0 Å². The molecule has 0 bridgehead atoms. The summed E-state index contributed by atoms with van der Waals surface area (Å²) in [6, 6.07) is 5.63. The number of hydrogen-bond acceptors (Lipinski definition) is 5. The molecule has 2 rings (SSSR count). The monoisotopic (exact) mass is 306 g/mol. The molecule has 0 aliphatic carbocycles. The summed E-state index contributed by atoms with van der Waals surface area (Å²) in [7, 11) is 0. The van der Waals surface area contributed by atoms with Crippen molar-refractivity contribution >= 4 is 22.4 Å². The van der Waals surface area contributed by atoms with Crippen molar-refractivity contribution in [2.45, 2.75) is 26.9 Å². The number of rotatable bonds is 6. The van der Waals surface area contributed by atoms with Crippen molar-refractivity contribution in [2.75, 3.05) is 11.9 Å². The van der Waals surface area contributed by atoms with Gasteiger partial charge in [0.1, 0.15) is 0 Å². The van der Waals surface area contributed by atoms with E-state index < -0.39 is 6.10 Å². The molecule has 0 saturated carbocycles. The van der Waals surface area contributed by atoms with Gasteiger partial charge >= 0.3 is 0 Å². The van der Waals surface area contributed by atoms with Gasteiger partial charge in [0.15, 0.2) is 22.7 Å². The Kier molecular flexibility index (Phi) is 5.16. The molecule has 1 amide bonds. The molecule has 2 aromatic rings. The minimum Gasteiger partial charge on any atom is -0.490 e. The number of anilines is 1. The first-order chi connectivity index (χ1) is 10.1. The first-order valence-electron chi connectivity index (χ1n) is 6.70. The van der Waals surface area contributed by atoms with Crippen LogP contribution < -0.4 is 14.8 Å². The van der Waals surface area contributed by atoms with Gasteiger partial charge in [-0.1, -0.05) is 6.07 Å². The van der Waals surface area contributed by atoms with Crippen LogP contribution in [0.15, 0.2) is 29.8 Å². The number of aryl methyl sites for hydroxylation is 1. The highest BCUT2D eigenvalue weighted by atomic mass is 32.1. The van der Waals surface area contributed by atoms with Gasteiger partial charge in [0.05, 0.1) is 6.61 Å². The minimum absolute atomic E-state index is 0.243. The van der Waals surface area contributed by atoms with Crippen LogP contribution >= 0.6 is 11.3 Å². The zero-order chi connectivity index (χ0) is 15.2. The average molecular weight is 306 g/mol. The zero-order valence-electron chi connectivity index (χ0n) is 12.3. The molecule has 5 nitrogen and oxygen atoms in total. The number of aromatic nitrogens is 1. The Morgan fingerprint density at radius 1 is 1.43 bits per heavy atom. The lowest BCUT2D eigenvalue weighted by Crippen LogP contribution is -2.30. The number of nitrogens with one attached hydrogen (secondary N) is 1. The number of carbonyl (C=O) groups is 1. The molecule has 0 radical (unpaired) electrons. The van der Waals surface area contributed by atoms with Gasteiger partial charge in [0, 0.05) is 11.6 Å². The van der Waals surface area contributed by atoms with Crippen molar-refractivity contribution in [2.24, 2.45) is 0 Å². The molecule has 1 aromatic heterocycles. The van der Waals surface area contributed by atoms with E-state index in [0.717, 1.165) is 5.56 Å². The number of thiazole rings is 1. The molecular formula is C15H18N2O3S. The molecule has 1 heterocycles. The van der Waals surface area contributed by atoms with Gasteiger partial charge in [-0.2, -0.15) is 0 Å². The molecule has 0 aliphatic heterocycles. The Hall–Kier alpha value is -2.08. The Balaban J connectivity index is 2.04. The second kappa shape index (κ2) is 7.08. The molecule has 1 N–H and O–H groups in total. The van der Waals surface area contributed by atoms with Gasteiger partial charge in [-0.15, -0.1) is 11.3 Å². The van der Waals surface area contributed by atoms with Gasteiger partial charge in [-0.3, -0.25) is 10.1 Å². The molecule has 112 valence electrons. The van der Waals surface area contributed by atoms with E-state index in [1.165, 1.54) is 11.3 Å². The third kappa shape index (κ3) is 4.19. The lowest BCUT2D eigenvalue weighted by molar-refractivity contribution is -0.122. The number of ether oxygens (including phenoxy) is 2. The topological polar surface area (TPSA) is 60.5 Å². The standard InChI is InChI=1S/C15H18N2O3S/c1-4-19-13-9-10(2)5-6-12(13)20-11(3)14(18)17-15-16-7-8-21-15/h5-9,11H,4H2,1-3H3,(H,16,17,18)/t11-/m1/s1. The lowest BCUT2D eigenvalue weighted by atomic mass is 10.2. The quantitative estimate of drug-likeness (QED) is 0.890. The summed E-state index contributed by atoms with van der Waals surface area (Å²) in [4.78, 5) is 16.1. The fraction of sp³-hybridized carbons (Fsp3) is 0.333. The maximum Gasteiger partial charge on any atom is 0.266 e. The average Bonchev–Trinajstić information content (AvgIpc) is 2.95. The summed E-state index contributed by atoms with van der Waals surface area (Å²) in [5, 5.41) is 5.07. The third-order valence-electron chi connectivity index (χ3n) is 2.73. The van der Waals surface area contributed by atoms with Crippen molar-refractivity contribution in [1.82, 2.24) is 4.98 Å². The van der Waals surface area contributed by atoms with E-state index in [2.05, 4.69) is 10.3 Å². The maximum absolute atomic E-state index is 12.0. The SMILES string of the molecule is CCOc1cc(C)ccc1O[C@H](C)C(=O)Nc1nccs1. The Labute approximate surface area is 127 Å². The minimum atomic E-state index is -0.643. The van der Waals surface area contributed by atoms with Crippen molar-refractivity contribution in [3.63, 3.8) is 0 Å². The summed E-state index contributed by atoms with van der Waals surface area (Å²) >= 11 is 1.36. The molecule has 0 aliphatic rings. The summed E-state index contributed by atoms with van der Waals surface area (Å²) in [5.41, 5.74) is 1.07. The van der Waals surface area contributed by atoms with Gasteiger partial charge in [-0.05, 0) is 38.5 Å². The smallest absolute Gasteiger partial charge is 0.266 e. The van der Waals surface area contributed by atoms with Crippen molar-refractivity contribution in [1.29, 1.82) is 0 Å².